The van der Waals surface area contributed by atoms with Crippen molar-refractivity contribution < 1.29 is 4.79 Å². The van der Waals surface area contributed by atoms with Gasteiger partial charge in [-0.15, -0.1) is 0 Å². The Hall–Kier alpha value is -0.220. The first-order valence-corrected chi connectivity index (χ1v) is 7.89. The predicted octanol–water partition coefficient (Wildman–Crippen LogP) is 2.17. The molecule has 1 aliphatic rings. The van der Waals surface area contributed by atoms with Crippen molar-refractivity contribution in [2.24, 2.45) is 0 Å². The minimum Gasteiger partial charge on any atom is -0.353 e. The molecule has 2 N–H and O–H groups in total. The highest BCUT2D eigenvalue weighted by molar-refractivity contribution is 7.99. The minimum atomic E-state index is 0.131. The summed E-state index contributed by atoms with van der Waals surface area (Å²) < 4.78 is 0. The van der Waals surface area contributed by atoms with E-state index in [1.54, 1.807) is 0 Å². The number of carbonyl (C=O) groups excluding carboxylic acids is 1. The quantitative estimate of drug-likeness (QED) is 0.735. The summed E-state index contributed by atoms with van der Waals surface area (Å²) >= 11 is 2.04. The summed E-state index contributed by atoms with van der Waals surface area (Å²) in [5.41, 5.74) is 0. The molecule has 2 unspecified atom stereocenters. The lowest BCUT2D eigenvalue weighted by atomic mass is 10.2. The zero-order valence-electron chi connectivity index (χ0n) is 11.1. The van der Waals surface area contributed by atoms with Crippen molar-refractivity contribution in [2.75, 3.05) is 18.8 Å². The average molecular weight is 258 g/mol. The van der Waals surface area contributed by atoms with Crippen LogP contribution in [0.5, 0.6) is 0 Å². The van der Waals surface area contributed by atoms with Crippen molar-refractivity contribution in [3.8, 4) is 0 Å². The maximum atomic E-state index is 11.6. The first kappa shape index (κ1) is 14.8. The van der Waals surface area contributed by atoms with E-state index in [9.17, 15) is 4.79 Å². The summed E-state index contributed by atoms with van der Waals surface area (Å²) in [6, 6.07) is 0.304. The van der Waals surface area contributed by atoms with E-state index in [1.807, 2.05) is 11.8 Å². The monoisotopic (exact) mass is 258 g/mol. The standard InChI is InChI=1S/C13H26N2OS/c1-3-6-11(2)15-13(16)10-14-9-12-7-4-5-8-17-12/h11-12,14H,3-10H2,1-2H3,(H,15,16). The van der Waals surface area contributed by atoms with Crippen LogP contribution in [-0.4, -0.2) is 36.0 Å². The second-order valence-electron chi connectivity index (χ2n) is 4.88. The van der Waals surface area contributed by atoms with Gasteiger partial charge < -0.3 is 10.6 Å². The first-order valence-electron chi connectivity index (χ1n) is 6.84. The van der Waals surface area contributed by atoms with Gasteiger partial charge in [0.15, 0.2) is 0 Å². The average Bonchev–Trinajstić information content (AvgIpc) is 2.30. The van der Waals surface area contributed by atoms with E-state index in [2.05, 4.69) is 24.5 Å². The lowest BCUT2D eigenvalue weighted by Crippen LogP contribution is -2.40. The molecule has 3 nitrogen and oxygen atoms in total. The fourth-order valence-corrected chi connectivity index (χ4v) is 3.42. The second kappa shape index (κ2) is 8.81. The van der Waals surface area contributed by atoms with Crippen LogP contribution in [-0.2, 0) is 4.79 Å². The fraction of sp³-hybridized carbons (Fsp3) is 0.923. The maximum absolute atomic E-state index is 11.6. The topological polar surface area (TPSA) is 41.1 Å². The van der Waals surface area contributed by atoms with Gasteiger partial charge in [0.25, 0.3) is 0 Å². The Morgan fingerprint density at radius 2 is 2.29 bits per heavy atom. The van der Waals surface area contributed by atoms with E-state index in [-0.39, 0.29) is 5.91 Å². The third kappa shape index (κ3) is 6.94. The zero-order chi connectivity index (χ0) is 12.5. The van der Waals surface area contributed by atoms with Crippen molar-refractivity contribution >= 4 is 17.7 Å². The van der Waals surface area contributed by atoms with Crippen LogP contribution in [0.15, 0.2) is 0 Å². The molecule has 1 rings (SSSR count). The number of amides is 1. The molecular weight excluding hydrogens is 232 g/mol. The molecule has 1 saturated heterocycles. The molecule has 0 bridgehead atoms. The molecule has 0 aliphatic carbocycles. The van der Waals surface area contributed by atoms with Crippen molar-refractivity contribution in [3.63, 3.8) is 0 Å². The van der Waals surface area contributed by atoms with Crippen LogP contribution in [0.1, 0.15) is 46.0 Å². The summed E-state index contributed by atoms with van der Waals surface area (Å²) in [6.45, 7) is 5.64. The Bertz CT molecular complexity index is 217. The van der Waals surface area contributed by atoms with Crippen LogP contribution in [0.2, 0.25) is 0 Å². The number of rotatable bonds is 7. The molecule has 0 spiro atoms. The normalized spacial score (nSPS) is 22.1. The molecule has 17 heavy (non-hydrogen) atoms. The third-order valence-corrected chi connectivity index (χ3v) is 4.46. The molecule has 1 heterocycles. The summed E-state index contributed by atoms with van der Waals surface area (Å²) in [5, 5.41) is 6.99. The number of thioether (sulfide) groups is 1. The third-order valence-electron chi connectivity index (χ3n) is 3.06. The van der Waals surface area contributed by atoms with Crippen LogP contribution in [0, 0.1) is 0 Å². The van der Waals surface area contributed by atoms with E-state index in [0.29, 0.717) is 17.8 Å². The molecule has 0 aromatic carbocycles. The highest BCUT2D eigenvalue weighted by Gasteiger charge is 2.14. The SMILES string of the molecule is CCCC(C)NC(=O)CNCC1CCCCS1. The van der Waals surface area contributed by atoms with Crippen LogP contribution >= 0.6 is 11.8 Å². The van der Waals surface area contributed by atoms with Crippen molar-refractivity contribution in [1.29, 1.82) is 0 Å². The van der Waals surface area contributed by atoms with Gasteiger partial charge in [0.1, 0.15) is 0 Å². The van der Waals surface area contributed by atoms with E-state index < -0.39 is 0 Å². The molecule has 1 amide bonds. The van der Waals surface area contributed by atoms with Gasteiger partial charge in [0, 0.05) is 17.8 Å². The van der Waals surface area contributed by atoms with Crippen LogP contribution in [0.4, 0.5) is 0 Å². The number of carbonyl (C=O) groups is 1. The molecule has 0 saturated carbocycles. The molecule has 0 radical (unpaired) electrons. The van der Waals surface area contributed by atoms with Gasteiger partial charge in [0.2, 0.25) is 5.91 Å². The van der Waals surface area contributed by atoms with E-state index in [1.165, 1.54) is 25.0 Å². The molecule has 1 fully saturated rings. The van der Waals surface area contributed by atoms with Gasteiger partial charge in [-0.2, -0.15) is 11.8 Å². The Balaban J connectivity index is 2.03. The van der Waals surface area contributed by atoms with Gasteiger partial charge in [-0.1, -0.05) is 19.8 Å². The zero-order valence-corrected chi connectivity index (χ0v) is 11.9. The molecule has 0 aromatic rings. The summed E-state index contributed by atoms with van der Waals surface area (Å²) in [6.07, 6.45) is 6.18. The number of hydrogen-bond donors (Lipinski definition) is 2. The smallest absolute Gasteiger partial charge is 0.234 e. The summed E-state index contributed by atoms with van der Waals surface area (Å²) in [5.74, 6) is 1.42. The van der Waals surface area contributed by atoms with Gasteiger partial charge in [-0.3, -0.25) is 4.79 Å². The second-order valence-corrected chi connectivity index (χ2v) is 6.28. The van der Waals surface area contributed by atoms with Crippen molar-refractivity contribution in [1.82, 2.24) is 10.6 Å². The lowest BCUT2D eigenvalue weighted by molar-refractivity contribution is -0.120. The van der Waals surface area contributed by atoms with Crippen LogP contribution in [0.3, 0.4) is 0 Å². The summed E-state index contributed by atoms with van der Waals surface area (Å²) in [7, 11) is 0. The van der Waals surface area contributed by atoms with E-state index in [4.69, 9.17) is 0 Å². The fourth-order valence-electron chi connectivity index (χ4n) is 2.15. The molecular formula is C13H26N2OS. The summed E-state index contributed by atoms with van der Waals surface area (Å²) in [4.78, 5) is 11.6. The number of nitrogens with one attached hydrogen (secondary N) is 2. The van der Waals surface area contributed by atoms with E-state index >= 15 is 0 Å². The lowest BCUT2D eigenvalue weighted by Gasteiger charge is -2.21. The predicted molar refractivity (Wildman–Crippen MR) is 75.5 cm³/mol. The Labute approximate surface area is 109 Å². The van der Waals surface area contributed by atoms with E-state index in [0.717, 1.165) is 19.4 Å². The van der Waals surface area contributed by atoms with Crippen LogP contribution < -0.4 is 10.6 Å². The molecule has 0 aromatic heterocycles. The molecule has 100 valence electrons. The highest BCUT2D eigenvalue weighted by Crippen LogP contribution is 2.24. The van der Waals surface area contributed by atoms with Gasteiger partial charge in [-0.25, -0.2) is 0 Å². The maximum Gasteiger partial charge on any atom is 0.234 e. The minimum absolute atomic E-state index is 0.131. The number of hydrogen-bond acceptors (Lipinski definition) is 3. The van der Waals surface area contributed by atoms with Gasteiger partial charge in [0.05, 0.1) is 6.54 Å². The Kier molecular flexibility index (Phi) is 7.69. The van der Waals surface area contributed by atoms with Crippen molar-refractivity contribution in [2.45, 2.75) is 57.2 Å². The molecule has 4 heteroatoms. The highest BCUT2D eigenvalue weighted by atomic mass is 32.2. The first-order chi connectivity index (χ1) is 8.22. The Morgan fingerprint density at radius 1 is 1.47 bits per heavy atom. The Morgan fingerprint density at radius 3 is 2.94 bits per heavy atom. The molecule has 2 atom stereocenters. The molecule has 1 aliphatic heterocycles. The van der Waals surface area contributed by atoms with Gasteiger partial charge in [-0.05, 0) is 31.9 Å². The van der Waals surface area contributed by atoms with Crippen LogP contribution in [0.25, 0.3) is 0 Å². The van der Waals surface area contributed by atoms with Crippen molar-refractivity contribution in [3.05, 3.63) is 0 Å². The van der Waals surface area contributed by atoms with Gasteiger partial charge >= 0.3 is 0 Å². The largest absolute Gasteiger partial charge is 0.353 e.